The van der Waals surface area contributed by atoms with Crippen LogP contribution in [0, 0.1) is 13.8 Å². The number of unbranched alkanes of at least 4 members (excludes halogenated alkanes) is 1. The van der Waals surface area contributed by atoms with E-state index in [0.29, 0.717) is 47.7 Å². The Balaban J connectivity index is 1.14. The van der Waals surface area contributed by atoms with Crippen molar-refractivity contribution in [3.05, 3.63) is 93.3 Å². The summed E-state index contributed by atoms with van der Waals surface area (Å²) >= 11 is 0. The maximum atomic E-state index is 12.8. The van der Waals surface area contributed by atoms with Gasteiger partial charge in [-0.2, -0.15) is 0 Å². The predicted molar refractivity (Wildman–Crippen MR) is 213 cm³/mol. The van der Waals surface area contributed by atoms with Crippen LogP contribution < -0.4 is 32.1 Å². The number of carboxylic acid groups (broad SMARTS) is 1. The Kier molecular flexibility index (Phi) is 16.3. The molecule has 58 heavy (non-hydrogen) atoms. The molecule has 18 heteroatoms. The van der Waals surface area contributed by atoms with Gasteiger partial charge in [-0.25, -0.2) is 24.5 Å². The topological polar surface area (TPSA) is 264 Å². The van der Waals surface area contributed by atoms with Crippen LogP contribution in [0.4, 0.5) is 5.69 Å². The number of carbonyl (C=O) groups excluding carboxylic acids is 5. The van der Waals surface area contributed by atoms with E-state index in [0.717, 1.165) is 5.56 Å². The van der Waals surface area contributed by atoms with Gasteiger partial charge in [0.25, 0.3) is 17.4 Å². The van der Waals surface area contributed by atoms with Gasteiger partial charge in [-0.15, -0.1) is 0 Å². The number of H-pyrrole nitrogens is 1. The number of aliphatic carboxylic acids is 1. The lowest BCUT2D eigenvalue weighted by Crippen LogP contribution is -2.44. The van der Waals surface area contributed by atoms with Gasteiger partial charge >= 0.3 is 11.9 Å². The maximum Gasteiger partial charge on any atom is 0.328 e. The van der Waals surface area contributed by atoms with Gasteiger partial charge in [0, 0.05) is 42.2 Å². The number of nitrogens with zero attached hydrogens (tertiary/aromatic N) is 3. The average molecular weight is 800 g/mol. The first kappa shape index (κ1) is 44.0. The highest BCUT2D eigenvalue weighted by atomic mass is 16.5. The molecule has 7 N–H and O–H groups in total. The number of amides is 4. The lowest BCUT2D eigenvalue weighted by molar-refractivity contribution is -0.145. The van der Waals surface area contributed by atoms with Gasteiger partial charge < -0.3 is 41.4 Å². The van der Waals surface area contributed by atoms with E-state index in [2.05, 4.69) is 46.5 Å². The van der Waals surface area contributed by atoms with Crippen LogP contribution in [0.25, 0.3) is 11.2 Å². The largest absolute Gasteiger partial charge is 0.480 e. The van der Waals surface area contributed by atoms with Crippen LogP contribution in [0.15, 0.2) is 59.5 Å². The van der Waals surface area contributed by atoms with Gasteiger partial charge in [-0.1, -0.05) is 17.7 Å². The van der Waals surface area contributed by atoms with E-state index in [1.165, 1.54) is 13.3 Å². The van der Waals surface area contributed by atoms with Gasteiger partial charge in [0.1, 0.15) is 17.9 Å². The van der Waals surface area contributed by atoms with Crippen LogP contribution in [0.5, 0.6) is 0 Å². The first-order valence-corrected chi connectivity index (χ1v) is 18.8. The number of rotatable bonds is 21. The minimum atomic E-state index is -1.36. The number of aryl methyl sites for hydroxylation is 2. The number of aromatic amines is 1. The number of ether oxygens (including phenoxy) is 1. The van der Waals surface area contributed by atoms with Crippen molar-refractivity contribution in [3.8, 4) is 0 Å². The highest BCUT2D eigenvalue weighted by Crippen LogP contribution is 2.13. The third-order valence-electron chi connectivity index (χ3n) is 9.02. The minimum absolute atomic E-state index is 0.0879. The van der Waals surface area contributed by atoms with Gasteiger partial charge in [-0.3, -0.25) is 24.0 Å². The Morgan fingerprint density at radius 3 is 2.10 bits per heavy atom. The number of aromatic nitrogens is 4. The van der Waals surface area contributed by atoms with Crippen LogP contribution >= 0.6 is 0 Å². The fourth-order valence-electron chi connectivity index (χ4n) is 5.75. The molecule has 0 bridgehead atoms. The molecule has 308 valence electrons. The molecule has 1 unspecified atom stereocenters. The molecule has 0 saturated carbocycles. The number of nitrogens with one attached hydrogen (secondary N) is 6. The third-order valence-corrected chi connectivity index (χ3v) is 9.02. The number of hydrogen-bond donors (Lipinski definition) is 7. The van der Waals surface area contributed by atoms with Crippen molar-refractivity contribution >= 4 is 52.4 Å². The minimum Gasteiger partial charge on any atom is -0.480 e. The lowest BCUT2D eigenvalue weighted by Gasteiger charge is -2.19. The van der Waals surface area contributed by atoms with E-state index >= 15 is 0 Å². The molecule has 0 fully saturated rings. The summed E-state index contributed by atoms with van der Waals surface area (Å²) in [7, 11) is 1.19. The molecule has 0 aliphatic rings. The molecular formula is C40H49N9O9. The molecule has 2 aromatic heterocycles. The summed E-state index contributed by atoms with van der Waals surface area (Å²) < 4.78 is 4.81. The molecule has 0 radical (unpaired) electrons. The average Bonchev–Trinajstić information content (AvgIpc) is 3.20. The second kappa shape index (κ2) is 21.5. The highest BCUT2D eigenvalue weighted by molar-refractivity contribution is 5.95. The number of anilines is 1. The molecule has 4 amide bonds. The van der Waals surface area contributed by atoms with E-state index in [1.807, 2.05) is 19.1 Å². The first-order chi connectivity index (χ1) is 27.7. The van der Waals surface area contributed by atoms with Crippen LogP contribution in [0.3, 0.4) is 0 Å². The quantitative estimate of drug-likeness (QED) is 0.0473. The molecule has 4 rings (SSSR count). The number of esters is 1. The maximum absolute atomic E-state index is 12.8. The molecule has 0 aliphatic heterocycles. The zero-order valence-electron chi connectivity index (χ0n) is 32.8. The van der Waals surface area contributed by atoms with Crippen molar-refractivity contribution in [3.63, 3.8) is 0 Å². The number of carboxylic acids is 1. The Morgan fingerprint density at radius 2 is 1.43 bits per heavy atom. The summed E-state index contributed by atoms with van der Waals surface area (Å²) in [6, 6.07) is 11.0. The standard InChI is InChI=1S/C40H49N9O9/c1-23-8-11-26(12-9-23)36(52)41-20-6-5-7-31(40(57)58-4)49-33(51)19-17-30(39(55)56)48-32(50)18-10-24(2)44-37(53)27-13-15-28(16-14-27)42-21-29-22-43-35-34(47-29)38(54)46-25(3)45-35/h8-9,11-16,22,24,30-31,42H,5-7,10,17-21H2,1-4H3,(H,41,52)(H,44,53)(H,48,50)(H,49,51)(H,55,56)(H,43,45,46,54)/t24-,30?,31+/m1/s1. The predicted octanol–water partition coefficient (Wildman–Crippen LogP) is 2.45. The monoisotopic (exact) mass is 799 g/mol. The normalized spacial score (nSPS) is 12.4. The summed E-state index contributed by atoms with van der Waals surface area (Å²) in [6.07, 6.45) is 2.40. The zero-order valence-corrected chi connectivity index (χ0v) is 32.8. The van der Waals surface area contributed by atoms with Gasteiger partial charge in [-0.05, 0) is 89.3 Å². The molecule has 2 heterocycles. The lowest BCUT2D eigenvalue weighted by atomic mass is 10.1. The second-order valence-corrected chi connectivity index (χ2v) is 13.8. The van der Waals surface area contributed by atoms with E-state index in [4.69, 9.17) is 4.74 Å². The van der Waals surface area contributed by atoms with Gasteiger partial charge in [0.2, 0.25) is 11.8 Å². The van der Waals surface area contributed by atoms with Crippen molar-refractivity contribution < 1.29 is 38.6 Å². The molecule has 0 aliphatic carbocycles. The molecule has 4 aromatic rings. The Morgan fingerprint density at radius 1 is 0.793 bits per heavy atom. The first-order valence-electron chi connectivity index (χ1n) is 18.8. The smallest absolute Gasteiger partial charge is 0.328 e. The fourth-order valence-corrected chi connectivity index (χ4v) is 5.75. The van der Waals surface area contributed by atoms with Crippen LogP contribution in [-0.4, -0.2) is 92.4 Å². The van der Waals surface area contributed by atoms with E-state index in [9.17, 15) is 38.7 Å². The Hall–Kier alpha value is -6.72. The number of benzene rings is 2. The molecule has 2 aromatic carbocycles. The van der Waals surface area contributed by atoms with Crippen LogP contribution in [0.2, 0.25) is 0 Å². The molecule has 0 saturated heterocycles. The second-order valence-electron chi connectivity index (χ2n) is 13.8. The summed E-state index contributed by atoms with van der Waals surface area (Å²) in [5.41, 5.74) is 3.19. The molecule has 18 nitrogen and oxygen atoms in total. The summed E-state index contributed by atoms with van der Waals surface area (Å²) in [5.74, 6) is -3.29. The molecule has 3 atom stereocenters. The number of hydrogen-bond acceptors (Lipinski definition) is 12. The van der Waals surface area contributed by atoms with Crippen LogP contribution in [-0.2, 0) is 30.5 Å². The van der Waals surface area contributed by atoms with Gasteiger partial charge in [0.15, 0.2) is 11.2 Å². The SMILES string of the molecule is COC(=O)[C@H](CCCCNC(=O)c1ccc(C)cc1)NC(=O)CCC(NC(=O)CC[C@@H](C)NC(=O)c1ccc(NCc2cnc3nc(C)[nH]c(=O)c3n2)cc1)C(=O)O. The third kappa shape index (κ3) is 13.8. The van der Waals surface area contributed by atoms with Crippen LogP contribution in [0.1, 0.15) is 89.7 Å². The fraction of sp³-hybridized carbons (Fsp3) is 0.400. The van der Waals surface area contributed by atoms with Gasteiger partial charge in [0.05, 0.1) is 25.5 Å². The molecule has 0 spiro atoms. The number of carbonyl (C=O) groups is 6. The Bertz CT molecular complexity index is 2140. The van der Waals surface area contributed by atoms with Crippen molar-refractivity contribution in [1.82, 2.24) is 41.2 Å². The Labute approximate surface area is 334 Å². The number of fused-ring (bicyclic) bond motifs is 1. The summed E-state index contributed by atoms with van der Waals surface area (Å²) in [5, 5.41) is 23.5. The summed E-state index contributed by atoms with van der Waals surface area (Å²) in [6.45, 7) is 5.93. The van der Waals surface area contributed by atoms with Crippen molar-refractivity contribution in [2.75, 3.05) is 19.0 Å². The van der Waals surface area contributed by atoms with Crippen molar-refractivity contribution in [1.29, 1.82) is 0 Å². The van der Waals surface area contributed by atoms with E-state index < -0.39 is 41.9 Å². The van der Waals surface area contributed by atoms with Crippen molar-refractivity contribution in [2.45, 2.75) is 90.4 Å². The molecular weight excluding hydrogens is 750 g/mol. The van der Waals surface area contributed by atoms with E-state index in [1.54, 1.807) is 50.2 Å². The highest BCUT2D eigenvalue weighted by Gasteiger charge is 2.25. The van der Waals surface area contributed by atoms with E-state index in [-0.39, 0.29) is 67.2 Å². The van der Waals surface area contributed by atoms with Crippen molar-refractivity contribution in [2.24, 2.45) is 0 Å². The number of methoxy groups -OCH3 is 1. The summed E-state index contributed by atoms with van der Waals surface area (Å²) in [4.78, 5) is 102. The zero-order chi connectivity index (χ0) is 42.2.